The average Bonchev–Trinajstić information content (AvgIpc) is 3.08. The number of carboxylic acid groups (broad SMARTS) is 1. The zero-order chi connectivity index (χ0) is 18.4. The third kappa shape index (κ3) is 4.47. The van der Waals surface area contributed by atoms with E-state index in [2.05, 4.69) is 10.4 Å². The van der Waals surface area contributed by atoms with Gasteiger partial charge in [0.25, 0.3) is 0 Å². The number of hydrogen-bond donors (Lipinski definition) is 2. The zero-order valence-corrected chi connectivity index (χ0v) is 13.8. The number of benzene rings is 2. The lowest BCUT2D eigenvalue weighted by molar-refractivity contribution is 0.0695. The highest BCUT2D eigenvalue weighted by molar-refractivity contribution is 5.89. The molecule has 1 heterocycles. The third-order valence-corrected chi connectivity index (χ3v) is 3.67. The summed E-state index contributed by atoms with van der Waals surface area (Å²) in [5.74, 6) is -0.990. The van der Waals surface area contributed by atoms with Crippen molar-refractivity contribution in [3.05, 3.63) is 83.7 Å². The van der Waals surface area contributed by atoms with Crippen LogP contribution >= 0.6 is 0 Å². The Morgan fingerprint density at radius 3 is 2.58 bits per heavy atom. The number of amides is 1. The van der Waals surface area contributed by atoms with Crippen molar-refractivity contribution >= 4 is 17.7 Å². The highest BCUT2D eigenvalue weighted by Gasteiger charge is 2.11. The number of nitrogens with zero attached hydrogens (tertiary/aromatic N) is 2. The number of hydrogen-bond acceptors (Lipinski definition) is 4. The fourth-order valence-electron chi connectivity index (χ4n) is 2.43. The van der Waals surface area contributed by atoms with Gasteiger partial charge in [0.2, 0.25) is 0 Å². The molecule has 0 saturated heterocycles. The number of rotatable bonds is 6. The average molecular weight is 351 g/mol. The molecule has 1 aromatic heterocycles. The quantitative estimate of drug-likeness (QED) is 0.710. The molecular formula is C19H17N3O4. The maximum atomic E-state index is 11.8. The van der Waals surface area contributed by atoms with Gasteiger partial charge in [0.15, 0.2) is 0 Å². The molecule has 7 heteroatoms. The van der Waals surface area contributed by atoms with E-state index in [0.29, 0.717) is 11.3 Å². The molecule has 26 heavy (non-hydrogen) atoms. The van der Waals surface area contributed by atoms with Crippen LogP contribution in [0.5, 0.6) is 0 Å². The van der Waals surface area contributed by atoms with E-state index in [4.69, 9.17) is 4.74 Å². The SMILES string of the molecule is O=C(Nc1cnn(Cc2ccccc2C(=O)O)c1)OCc1ccccc1. The van der Waals surface area contributed by atoms with Crippen LogP contribution in [0.2, 0.25) is 0 Å². The molecule has 2 N–H and O–H groups in total. The van der Waals surface area contributed by atoms with Gasteiger partial charge in [-0.25, -0.2) is 9.59 Å². The Morgan fingerprint density at radius 2 is 1.81 bits per heavy atom. The Balaban J connectivity index is 1.58. The van der Waals surface area contributed by atoms with Gasteiger partial charge in [0.1, 0.15) is 6.61 Å². The van der Waals surface area contributed by atoms with E-state index in [0.717, 1.165) is 5.56 Å². The zero-order valence-electron chi connectivity index (χ0n) is 13.8. The number of aromatic carboxylic acids is 1. The van der Waals surface area contributed by atoms with Gasteiger partial charge in [-0.3, -0.25) is 10.00 Å². The number of ether oxygens (including phenoxy) is 1. The number of carbonyl (C=O) groups is 2. The van der Waals surface area contributed by atoms with Crippen LogP contribution in [0.1, 0.15) is 21.5 Å². The molecule has 1 amide bonds. The lowest BCUT2D eigenvalue weighted by Crippen LogP contribution is -2.13. The minimum atomic E-state index is -0.990. The van der Waals surface area contributed by atoms with Gasteiger partial charge < -0.3 is 9.84 Å². The smallest absolute Gasteiger partial charge is 0.412 e. The summed E-state index contributed by atoms with van der Waals surface area (Å²) in [6, 6.07) is 16.1. The van der Waals surface area contributed by atoms with E-state index in [-0.39, 0.29) is 18.7 Å². The van der Waals surface area contributed by atoms with Gasteiger partial charge in [0, 0.05) is 6.20 Å². The van der Waals surface area contributed by atoms with Crippen molar-refractivity contribution in [3.8, 4) is 0 Å². The minimum absolute atomic E-state index is 0.173. The summed E-state index contributed by atoms with van der Waals surface area (Å²) in [6.07, 6.45) is 2.51. The van der Waals surface area contributed by atoms with Gasteiger partial charge in [0.05, 0.1) is 24.0 Å². The first-order chi connectivity index (χ1) is 12.6. The number of carboxylic acids is 1. The van der Waals surface area contributed by atoms with Crippen LogP contribution < -0.4 is 5.32 Å². The maximum Gasteiger partial charge on any atom is 0.412 e. The Morgan fingerprint density at radius 1 is 1.08 bits per heavy atom. The van der Waals surface area contributed by atoms with Gasteiger partial charge in [-0.2, -0.15) is 5.10 Å². The summed E-state index contributed by atoms with van der Waals surface area (Å²) in [5.41, 5.74) is 2.21. The molecule has 0 atom stereocenters. The molecule has 3 aromatic rings. The summed E-state index contributed by atoms with van der Waals surface area (Å²) in [4.78, 5) is 23.1. The second kappa shape index (κ2) is 7.98. The normalized spacial score (nSPS) is 10.3. The Hall–Kier alpha value is -3.61. The summed E-state index contributed by atoms with van der Waals surface area (Å²) >= 11 is 0. The van der Waals surface area contributed by atoms with Crippen molar-refractivity contribution in [2.75, 3.05) is 5.32 Å². The highest BCUT2D eigenvalue weighted by atomic mass is 16.5. The van der Waals surface area contributed by atoms with E-state index in [1.165, 1.54) is 6.20 Å². The van der Waals surface area contributed by atoms with Crippen molar-refractivity contribution in [3.63, 3.8) is 0 Å². The Bertz CT molecular complexity index is 906. The van der Waals surface area contributed by atoms with Crippen molar-refractivity contribution in [1.82, 2.24) is 9.78 Å². The molecule has 3 rings (SSSR count). The number of aromatic nitrogens is 2. The molecule has 0 aliphatic rings. The van der Waals surface area contributed by atoms with E-state index < -0.39 is 12.1 Å². The van der Waals surface area contributed by atoms with E-state index in [9.17, 15) is 14.7 Å². The van der Waals surface area contributed by atoms with E-state index in [1.54, 1.807) is 35.1 Å². The number of nitrogens with one attached hydrogen (secondary N) is 1. The van der Waals surface area contributed by atoms with Crippen LogP contribution in [0.15, 0.2) is 67.0 Å². The largest absolute Gasteiger partial charge is 0.478 e. The van der Waals surface area contributed by atoms with Gasteiger partial charge >= 0.3 is 12.1 Å². The van der Waals surface area contributed by atoms with Crippen LogP contribution in [-0.4, -0.2) is 26.9 Å². The molecule has 0 aliphatic heterocycles. The van der Waals surface area contributed by atoms with Gasteiger partial charge in [-0.15, -0.1) is 0 Å². The fraction of sp³-hybridized carbons (Fsp3) is 0.105. The van der Waals surface area contributed by atoms with Gasteiger partial charge in [-0.1, -0.05) is 48.5 Å². The van der Waals surface area contributed by atoms with Crippen molar-refractivity contribution in [2.45, 2.75) is 13.2 Å². The second-order valence-corrected chi connectivity index (χ2v) is 5.58. The van der Waals surface area contributed by atoms with Crippen LogP contribution in [0.4, 0.5) is 10.5 Å². The van der Waals surface area contributed by atoms with E-state index in [1.807, 2.05) is 30.3 Å². The van der Waals surface area contributed by atoms with Crippen molar-refractivity contribution in [1.29, 1.82) is 0 Å². The van der Waals surface area contributed by atoms with Crippen LogP contribution in [-0.2, 0) is 17.9 Å². The van der Waals surface area contributed by atoms with Gasteiger partial charge in [-0.05, 0) is 17.2 Å². The predicted octanol–water partition coefficient (Wildman–Crippen LogP) is 3.38. The standard InChI is InChI=1S/C19H17N3O4/c23-18(24)17-9-5-4-8-15(17)11-22-12-16(10-20-22)21-19(25)26-13-14-6-2-1-3-7-14/h1-10,12H,11,13H2,(H,21,25)(H,23,24). The first-order valence-electron chi connectivity index (χ1n) is 7.93. The number of anilines is 1. The third-order valence-electron chi connectivity index (χ3n) is 3.67. The second-order valence-electron chi connectivity index (χ2n) is 5.58. The lowest BCUT2D eigenvalue weighted by atomic mass is 10.1. The molecule has 0 spiro atoms. The van der Waals surface area contributed by atoms with Crippen LogP contribution in [0, 0.1) is 0 Å². The molecule has 132 valence electrons. The fourth-order valence-corrected chi connectivity index (χ4v) is 2.43. The topological polar surface area (TPSA) is 93.5 Å². The number of carbonyl (C=O) groups excluding carboxylic acids is 1. The molecule has 0 unspecified atom stereocenters. The predicted molar refractivity (Wildman–Crippen MR) is 95.0 cm³/mol. The molecule has 0 bridgehead atoms. The van der Waals surface area contributed by atoms with Crippen LogP contribution in [0.3, 0.4) is 0 Å². The summed E-state index contributed by atoms with van der Waals surface area (Å²) in [7, 11) is 0. The van der Waals surface area contributed by atoms with E-state index >= 15 is 0 Å². The Labute approximate surface area is 149 Å². The molecule has 0 saturated carbocycles. The maximum absolute atomic E-state index is 11.8. The molecule has 2 aromatic carbocycles. The van der Waals surface area contributed by atoms with Crippen molar-refractivity contribution < 1.29 is 19.4 Å². The lowest BCUT2D eigenvalue weighted by Gasteiger charge is -2.06. The molecule has 0 radical (unpaired) electrons. The molecule has 0 fully saturated rings. The summed E-state index contributed by atoms with van der Waals surface area (Å²) < 4.78 is 6.70. The molecule has 0 aliphatic carbocycles. The highest BCUT2D eigenvalue weighted by Crippen LogP contribution is 2.13. The first kappa shape index (κ1) is 17.2. The molecule has 7 nitrogen and oxygen atoms in total. The monoisotopic (exact) mass is 351 g/mol. The minimum Gasteiger partial charge on any atom is -0.478 e. The Kier molecular flexibility index (Phi) is 5.28. The summed E-state index contributed by atoms with van der Waals surface area (Å²) in [5, 5.41) is 15.9. The molecular weight excluding hydrogens is 334 g/mol. The van der Waals surface area contributed by atoms with Crippen molar-refractivity contribution in [2.24, 2.45) is 0 Å². The summed E-state index contributed by atoms with van der Waals surface area (Å²) in [6.45, 7) is 0.454. The van der Waals surface area contributed by atoms with Crippen LogP contribution in [0.25, 0.3) is 0 Å². The first-order valence-corrected chi connectivity index (χ1v) is 7.93.